The molecule has 0 aromatic heterocycles. The van der Waals surface area contributed by atoms with Crippen LogP contribution in [0.4, 0.5) is 11.4 Å². The number of ether oxygens (including phenoxy) is 1. The van der Waals surface area contributed by atoms with E-state index in [4.69, 9.17) is 4.74 Å². The molecule has 0 aliphatic heterocycles. The van der Waals surface area contributed by atoms with Gasteiger partial charge in [-0.2, -0.15) is 0 Å². The van der Waals surface area contributed by atoms with Gasteiger partial charge in [-0.1, -0.05) is 12.8 Å². The van der Waals surface area contributed by atoms with Crippen LogP contribution in [0.5, 0.6) is 5.75 Å². The van der Waals surface area contributed by atoms with Gasteiger partial charge in [-0.05, 0) is 25.8 Å². The van der Waals surface area contributed by atoms with Crippen LogP contribution < -0.4 is 10.1 Å². The van der Waals surface area contributed by atoms with Crippen molar-refractivity contribution >= 4 is 11.4 Å². The first-order valence-electron chi connectivity index (χ1n) is 7.45. The number of hydrogen-bond acceptors (Lipinski definition) is 5. The molecular weight excluding hydrogens is 272 g/mol. The summed E-state index contributed by atoms with van der Waals surface area (Å²) in [6.45, 7) is 2.85. The first-order chi connectivity index (χ1) is 10.1. The zero-order valence-electron chi connectivity index (χ0n) is 12.2. The summed E-state index contributed by atoms with van der Waals surface area (Å²) in [5.74, 6) is 0.515. The lowest BCUT2D eigenvalue weighted by molar-refractivity contribution is -0.385. The zero-order valence-corrected chi connectivity index (χ0v) is 12.2. The number of benzene rings is 1. The van der Waals surface area contributed by atoms with Gasteiger partial charge in [0.2, 0.25) is 0 Å². The number of aliphatic hydroxyl groups is 1. The van der Waals surface area contributed by atoms with Gasteiger partial charge < -0.3 is 15.2 Å². The fourth-order valence-corrected chi connectivity index (χ4v) is 2.72. The minimum Gasteiger partial charge on any atom is -0.487 e. The van der Waals surface area contributed by atoms with Crippen LogP contribution in [0.3, 0.4) is 0 Å². The molecular formula is C15H22N2O4. The smallest absolute Gasteiger partial charge is 0.311 e. The van der Waals surface area contributed by atoms with Crippen molar-refractivity contribution in [1.29, 1.82) is 0 Å². The van der Waals surface area contributed by atoms with Crippen molar-refractivity contribution in [3.8, 4) is 5.75 Å². The van der Waals surface area contributed by atoms with Gasteiger partial charge in [0.1, 0.15) is 0 Å². The summed E-state index contributed by atoms with van der Waals surface area (Å²) < 4.78 is 5.32. The number of nitro benzene ring substituents is 1. The Labute approximate surface area is 124 Å². The minimum absolute atomic E-state index is 0.0277. The summed E-state index contributed by atoms with van der Waals surface area (Å²) in [5, 5.41) is 24.1. The molecule has 1 fully saturated rings. The molecule has 6 nitrogen and oxygen atoms in total. The summed E-state index contributed by atoms with van der Waals surface area (Å²) in [6.07, 6.45) is 3.85. The largest absolute Gasteiger partial charge is 0.487 e. The Hall–Kier alpha value is -1.82. The first-order valence-corrected chi connectivity index (χ1v) is 7.45. The topological polar surface area (TPSA) is 84.6 Å². The second kappa shape index (κ2) is 7.26. The Morgan fingerprint density at radius 2 is 2.19 bits per heavy atom. The van der Waals surface area contributed by atoms with Crippen LogP contribution in [0.1, 0.15) is 32.6 Å². The number of anilines is 1. The predicted octanol–water partition coefficient (Wildman–Crippen LogP) is 2.96. The van der Waals surface area contributed by atoms with Crippen molar-refractivity contribution in [3.63, 3.8) is 0 Å². The normalized spacial score (nSPS) is 21.8. The van der Waals surface area contributed by atoms with Crippen LogP contribution >= 0.6 is 0 Å². The molecule has 1 aromatic carbocycles. The summed E-state index contributed by atoms with van der Waals surface area (Å²) in [4.78, 5) is 10.5. The lowest BCUT2D eigenvalue weighted by Crippen LogP contribution is -2.30. The highest BCUT2D eigenvalue weighted by Crippen LogP contribution is 2.31. The van der Waals surface area contributed by atoms with Crippen molar-refractivity contribution in [2.24, 2.45) is 5.92 Å². The maximum atomic E-state index is 10.9. The van der Waals surface area contributed by atoms with Crippen LogP contribution in [-0.2, 0) is 0 Å². The highest BCUT2D eigenvalue weighted by molar-refractivity contribution is 5.58. The molecule has 1 saturated carbocycles. The van der Waals surface area contributed by atoms with Gasteiger partial charge in [-0.25, -0.2) is 0 Å². The van der Waals surface area contributed by atoms with Gasteiger partial charge in [0.25, 0.3) is 0 Å². The maximum absolute atomic E-state index is 10.9. The third-order valence-electron chi connectivity index (χ3n) is 3.89. The van der Waals surface area contributed by atoms with E-state index in [0.717, 1.165) is 31.4 Å². The van der Waals surface area contributed by atoms with Crippen molar-refractivity contribution in [1.82, 2.24) is 0 Å². The van der Waals surface area contributed by atoms with Crippen molar-refractivity contribution in [3.05, 3.63) is 28.3 Å². The number of nitrogens with zero attached hydrogens (tertiary/aromatic N) is 1. The van der Waals surface area contributed by atoms with Crippen molar-refractivity contribution in [2.75, 3.05) is 18.5 Å². The number of hydrogen-bond donors (Lipinski definition) is 2. The molecule has 1 aliphatic carbocycles. The molecule has 0 radical (unpaired) electrons. The van der Waals surface area contributed by atoms with Crippen molar-refractivity contribution in [2.45, 2.75) is 38.7 Å². The molecule has 6 heteroatoms. The average Bonchev–Trinajstić information content (AvgIpc) is 2.46. The molecule has 116 valence electrons. The molecule has 2 N–H and O–H groups in total. The summed E-state index contributed by atoms with van der Waals surface area (Å²) in [7, 11) is 0. The quantitative estimate of drug-likeness (QED) is 0.622. The molecule has 0 spiro atoms. The average molecular weight is 294 g/mol. The molecule has 0 amide bonds. The molecule has 1 aliphatic rings. The molecule has 2 rings (SSSR count). The lowest BCUT2D eigenvalue weighted by Gasteiger charge is -2.28. The second-order valence-corrected chi connectivity index (χ2v) is 5.37. The van der Waals surface area contributed by atoms with E-state index in [1.165, 1.54) is 6.07 Å². The SMILES string of the molecule is CCOc1cc(NCC2CCCCC2O)ccc1[N+](=O)[O-]. The van der Waals surface area contributed by atoms with E-state index < -0.39 is 4.92 Å². The van der Waals surface area contributed by atoms with E-state index >= 15 is 0 Å². The standard InChI is InChI=1S/C15H22N2O4/c1-2-21-15-9-12(7-8-13(15)17(19)20)16-10-11-5-3-4-6-14(11)18/h7-9,11,14,16,18H,2-6,10H2,1H3. The van der Waals surface area contributed by atoms with Crippen LogP contribution in [0.25, 0.3) is 0 Å². The predicted molar refractivity (Wildman–Crippen MR) is 80.7 cm³/mol. The van der Waals surface area contributed by atoms with Gasteiger partial charge >= 0.3 is 5.69 Å². The monoisotopic (exact) mass is 294 g/mol. The van der Waals surface area contributed by atoms with E-state index in [9.17, 15) is 15.2 Å². The Morgan fingerprint density at radius 3 is 2.86 bits per heavy atom. The summed E-state index contributed by atoms with van der Waals surface area (Å²) in [6, 6.07) is 4.78. The Bertz CT molecular complexity index is 493. The van der Waals surface area contributed by atoms with Crippen LogP contribution in [0.2, 0.25) is 0 Å². The minimum atomic E-state index is -0.445. The molecule has 21 heavy (non-hydrogen) atoms. The number of aliphatic hydroxyl groups excluding tert-OH is 1. The van der Waals surface area contributed by atoms with E-state index in [1.54, 1.807) is 19.1 Å². The molecule has 0 bridgehead atoms. The third-order valence-corrected chi connectivity index (χ3v) is 3.89. The molecule has 0 heterocycles. The Kier molecular flexibility index (Phi) is 5.38. The van der Waals surface area contributed by atoms with Gasteiger partial charge in [0, 0.05) is 30.3 Å². The van der Waals surface area contributed by atoms with E-state index in [1.807, 2.05) is 0 Å². The van der Waals surface area contributed by atoms with Gasteiger partial charge in [-0.3, -0.25) is 10.1 Å². The Balaban J connectivity index is 2.02. The second-order valence-electron chi connectivity index (χ2n) is 5.37. The fraction of sp³-hybridized carbons (Fsp3) is 0.600. The lowest BCUT2D eigenvalue weighted by atomic mass is 9.86. The summed E-state index contributed by atoms with van der Waals surface area (Å²) in [5.41, 5.74) is 0.752. The summed E-state index contributed by atoms with van der Waals surface area (Å²) >= 11 is 0. The van der Waals surface area contributed by atoms with Crippen LogP contribution in [-0.4, -0.2) is 29.3 Å². The highest BCUT2D eigenvalue weighted by Gasteiger charge is 2.23. The number of rotatable bonds is 6. The Morgan fingerprint density at radius 1 is 1.43 bits per heavy atom. The zero-order chi connectivity index (χ0) is 15.2. The number of nitro groups is 1. The van der Waals surface area contributed by atoms with Gasteiger partial charge in [-0.15, -0.1) is 0 Å². The number of nitrogens with one attached hydrogen (secondary N) is 1. The first kappa shape index (κ1) is 15.6. The molecule has 2 unspecified atom stereocenters. The third kappa shape index (κ3) is 4.07. The van der Waals surface area contributed by atoms with E-state index in [0.29, 0.717) is 13.2 Å². The maximum Gasteiger partial charge on any atom is 0.311 e. The van der Waals surface area contributed by atoms with E-state index in [2.05, 4.69) is 5.32 Å². The van der Waals surface area contributed by atoms with Crippen LogP contribution in [0, 0.1) is 16.0 Å². The van der Waals surface area contributed by atoms with Gasteiger partial charge in [0.15, 0.2) is 5.75 Å². The van der Waals surface area contributed by atoms with E-state index in [-0.39, 0.29) is 23.5 Å². The van der Waals surface area contributed by atoms with Gasteiger partial charge in [0.05, 0.1) is 17.6 Å². The molecule has 0 saturated heterocycles. The van der Waals surface area contributed by atoms with Crippen molar-refractivity contribution < 1.29 is 14.8 Å². The van der Waals surface area contributed by atoms with Crippen LogP contribution in [0.15, 0.2) is 18.2 Å². The fourth-order valence-electron chi connectivity index (χ4n) is 2.72. The highest BCUT2D eigenvalue weighted by atomic mass is 16.6. The molecule has 2 atom stereocenters. The molecule has 1 aromatic rings.